The highest BCUT2D eigenvalue weighted by atomic mass is 19.1. The topological polar surface area (TPSA) is 15.3 Å². The molecule has 1 saturated carbocycles. The number of nitrogens with one attached hydrogen (secondary N) is 1. The van der Waals surface area contributed by atoms with Crippen LogP contribution >= 0.6 is 0 Å². The molecule has 0 radical (unpaired) electrons. The molecule has 0 amide bonds. The third-order valence-electron chi connectivity index (χ3n) is 3.71. The van der Waals surface area contributed by atoms with Gasteiger partial charge in [-0.1, -0.05) is 25.1 Å². The van der Waals surface area contributed by atoms with Gasteiger partial charge in [-0.3, -0.25) is 0 Å². The van der Waals surface area contributed by atoms with Crippen LogP contribution in [-0.2, 0) is 0 Å². The Bertz CT molecular complexity index is 377. The van der Waals surface area contributed by atoms with Crippen molar-refractivity contribution in [3.05, 3.63) is 35.6 Å². The maximum Gasteiger partial charge on any atom is 0.127 e. The second-order valence-corrected chi connectivity index (χ2v) is 5.15. The Morgan fingerprint density at radius 1 is 1.39 bits per heavy atom. The highest BCUT2D eigenvalue weighted by Gasteiger charge is 2.25. The van der Waals surface area contributed by atoms with Crippen LogP contribution in [0, 0.1) is 5.82 Å². The lowest BCUT2D eigenvalue weighted by molar-refractivity contribution is 0.312. The van der Waals surface area contributed by atoms with E-state index >= 15 is 0 Å². The standard InChI is InChI=1S/C15H23FN2/c1-3-15(13-6-4-5-7-14(13)16)17-10-11-18(2)12-8-9-12/h4-7,12,15,17H,3,8-11H2,1-2H3. The molecule has 0 aliphatic heterocycles. The van der Waals surface area contributed by atoms with Gasteiger partial charge in [0.25, 0.3) is 0 Å². The zero-order valence-corrected chi connectivity index (χ0v) is 11.3. The first-order chi connectivity index (χ1) is 8.72. The Hall–Kier alpha value is -0.930. The minimum absolute atomic E-state index is 0.104. The van der Waals surface area contributed by atoms with Gasteiger partial charge < -0.3 is 10.2 Å². The summed E-state index contributed by atoms with van der Waals surface area (Å²) in [5, 5.41) is 3.46. The van der Waals surface area contributed by atoms with E-state index in [1.165, 1.54) is 18.9 Å². The second-order valence-electron chi connectivity index (χ2n) is 5.15. The predicted molar refractivity (Wildman–Crippen MR) is 73.1 cm³/mol. The fourth-order valence-corrected chi connectivity index (χ4v) is 2.34. The number of nitrogens with zero attached hydrogens (tertiary/aromatic N) is 1. The van der Waals surface area contributed by atoms with Crippen molar-refractivity contribution in [1.29, 1.82) is 0 Å². The number of hydrogen-bond acceptors (Lipinski definition) is 2. The molecule has 0 spiro atoms. The molecular formula is C15H23FN2. The molecule has 1 N–H and O–H groups in total. The van der Waals surface area contributed by atoms with E-state index < -0.39 is 0 Å². The van der Waals surface area contributed by atoms with Crippen molar-refractivity contribution in [3.8, 4) is 0 Å². The molecule has 3 heteroatoms. The summed E-state index contributed by atoms with van der Waals surface area (Å²) in [6.45, 7) is 4.05. The molecular weight excluding hydrogens is 227 g/mol. The largest absolute Gasteiger partial charge is 0.309 e. The number of benzene rings is 1. The summed E-state index contributed by atoms with van der Waals surface area (Å²) >= 11 is 0. The highest BCUT2D eigenvalue weighted by Crippen LogP contribution is 2.25. The van der Waals surface area contributed by atoms with E-state index in [2.05, 4.69) is 24.2 Å². The van der Waals surface area contributed by atoms with Crippen molar-refractivity contribution in [3.63, 3.8) is 0 Å². The van der Waals surface area contributed by atoms with Gasteiger partial charge in [0.05, 0.1) is 0 Å². The van der Waals surface area contributed by atoms with Crippen LogP contribution < -0.4 is 5.32 Å². The monoisotopic (exact) mass is 250 g/mol. The van der Waals surface area contributed by atoms with Gasteiger partial charge in [-0.05, 0) is 32.4 Å². The van der Waals surface area contributed by atoms with E-state index in [0.29, 0.717) is 0 Å². The molecule has 1 aromatic carbocycles. The summed E-state index contributed by atoms with van der Waals surface area (Å²) < 4.78 is 13.7. The quantitative estimate of drug-likeness (QED) is 0.800. The van der Waals surface area contributed by atoms with Crippen LogP contribution in [0.1, 0.15) is 37.8 Å². The fraction of sp³-hybridized carbons (Fsp3) is 0.600. The summed E-state index contributed by atoms with van der Waals surface area (Å²) in [6.07, 6.45) is 3.58. The van der Waals surface area contributed by atoms with E-state index in [0.717, 1.165) is 31.1 Å². The molecule has 1 aromatic rings. The molecule has 1 fully saturated rings. The van der Waals surface area contributed by atoms with Gasteiger partial charge in [-0.2, -0.15) is 0 Å². The SMILES string of the molecule is CCC(NCCN(C)C1CC1)c1ccccc1F. The molecule has 1 unspecified atom stereocenters. The average Bonchev–Trinajstić information content (AvgIpc) is 3.20. The van der Waals surface area contributed by atoms with E-state index in [4.69, 9.17) is 0 Å². The van der Waals surface area contributed by atoms with E-state index in [-0.39, 0.29) is 11.9 Å². The maximum atomic E-state index is 13.7. The third kappa shape index (κ3) is 3.53. The zero-order chi connectivity index (χ0) is 13.0. The molecule has 100 valence electrons. The lowest BCUT2D eigenvalue weighted by Crippen LogP contribution is -2.32. The van der Waals surface area contributed by atoms with Crippen LogP contribution in [-0.4, -0.2) is 31.1 Å². The van der Waals surface area contributed by atoms with Crippen molar-refractivity contribution in [1.82, 2.24) is 10.2 Å². The molecule has 0 heterocycles. The first-order valence-corrected chi connectivity index (χ1v) is 6.90. The van der Waals surface area contributed by atoms with Gasteiger partial charge in [-0.15, -0.1) is 0 Å². The first kappa shape index (κ1) is 13.5. The predicted octanol–water partition coefficient (Wildman–Crippen LogP) is 2.96. The minimum atomic E-state index is -0.104. The first-order valence-electron chi connectivity index (χ1n) is 6.90. The average molecular weight is 250 g/mol. The lowest BCUT2D eigenvalue weighted by atomic mass is 10.0. The van der Waals surface area contributed by atoms with Crippen molar-refractivity contribution in [2.75, 3.05) is 20.1 Å². The molecule has 1 aliphatic rings. The van der Waals surface area contributed by atoms with E-state index in [9.17, 15) is 4.39 Å². The summed E-state index contributed by atoms with van der Waals surface area (Å²) in [4.78, 5) is 2.39. The smallest absolute Gasteiger partial charge is 0.127 e. The van der Waals surface area contributed by atoms with E-state index in [1.54, 1.807) is 6.07 Å². The summed E-state index contributed by atoms with van der Waals surface area (Å²) in [6, 6.07) is 7.97. The minimum Gasteiger partial charge on any atom is -0.309 e. The maximum absolute atomic E-state index is 13.7. The molecule has 1 aliphatic carbocycles. The molecule has 18 heavy (non-hydrogen) atoms. The lowest BCUT2D eigenvalue weighted by Gasteiger charge is -2.21. The van der Waals surface area contributed by atoms with Crippen LogP contribution in [0.3, 0.4) is 0 Å². The fourth-order valence-electron chi connectivity index (χ4n) is 2.34. The van der Waals surface area contributed by atoms with Crippen molar-refractivity contribution in [2.45, 2.75) is 38.3 Å². The van der Waals surface area contributed by atoms with Crippen LogP contribution in [0.4, 0.5) is 4.39 Å². The Morgan fingerprint density at radius 2 is 2.11 bits per heavy atom. The Kier molecular flexibility index (Phi) is 4.72. The molecule has 0 bridgehead atoms. The molecule has 2 rings (SSSR count). The number of halogens is 1. The Balaban J connectivity index is 1.83. The van der Waals surface area contributed by atoms with Gasteiger partial charge in [0.1, 0.15) is 5.82 Å². The van der Waals surface area contributed by atoms with E-state index in [1.807, 2.05) is 12.1 Å². The summed E-state index contributed by atoms with van der Waals surface area (Å²) in [7, 11) is 2.17. The van der Waals surface area contributed by atoms with Crippen LogP contribution in [0.2, 0.25) is 0 Å². The van der Waals surface area contributed by atoms with Gasteiger partial charge in [-0.25, -0.2) is 4.39 Å². The second kappa shape index (κ2) is 6.30. The van der Waals surface area contributed by atoms with Crippen LogP contribution in [0.5, 0.6) is 0 Å². The van der Waals surface area contributed by atoms with Crippen molar-refractivity contribution < 1.29 is 4.39 Å². The van der Waals surface area contributed by atoms with Crippen LogP contribution in [0.15, 0.2) is 24.3 Å². The number of hydrogen-bond donors (Lipinski definition) is 1. The van der Waals surface area contributed by atoms with Gasteiger partial charge in [0, 0.05) is 30.7 Å². The molecule has 1 atom stereocenters. The molecule has 2 nitrogen and oxygen atoms in total. The Morgan fingerprint density at radius 3 is 2.72 bits per heavy atom. The van der Waals surface area contributed by atoms with Gasteiger partial charge >= 0.3 is 0 Å². The van der Waals surface area contributed by atoms with Gasteiger partial charge in [0.2, 0.25) is 0 Å². The highest BCUT2D eigenvalue weighted by molar-refractivity contribution is 5.21. The third-order valence-corrected chi connectivity index (χ3v) is 3.71. The van der Waals surface area contributed by atoms with Gasteiger partial charge in [0.15, 0.2) is 0 Å². The molecule has 0 aromatic heterocycles. The number of rotatable bonds is 7. The van der Waals surface area contributed by atoms with Crippen molar-refractivity contribution >= 4 is 0 Å². The summed E-state index contributed by atoms with van der Waals surface area (Å²) in [5.74, 6) is -0.104. The summed E-state index contributed by atoms with van der Waals surface area (Å²) in [5.41, 5.74) is 0.786. The Labute approximate surface area is 109 Å². The van der Waals surface area contributed by atoms with Crippen molar-refractivity contribution in [2.24, 2.45) is 0 Å². The van der Waals surface area contributed by atoms with Crippen LogP contribution in [0.25, 0.3) is 0 Å². The molecule has 0 saturated heterocycles. The number of likely N-dealkylation sites (N-methyl/N-ethyl adjacent to an activating group) is 1. The normalized spacial score (nSPS) is 17.1. The zero-order valence-electron chi connectivity index (χ0n) is 11.3.